The maximum atomic E-state index is 11.1. The first kappa shape index (κ1) is 14.8. The summed E-state index contributed by atoms with van der Waals surface area (Å²) in [6.07, 6.45) is 4.68. The molecular formula is C12H21N3O2S. The summed E-state index contributed by atoms with van der Waals surface area (Å²) in [6, 6.07) is 4.48. The predicted molar refractivity (Wildman–Crippen MR) is 74.9 cm³/mol. The fraction of sp³-hybridized carbons (Fsp3) is 0.500. The van der Waals surface area contributed by atoms with Crippen LogP contribution in [0.4, 0.5) is 11.4 Å². The van der Waals surface area contributed by atoms with Crippen molar-refractivity contribution in [2.45, 2.75) is 37.5 Å². The second-order valence-electron chi connectivity index (χ2n) is 4.28. The van der Waals surface area contributed by atoms with Gasteiger partial charge in [-0.3, -0.25) is 0 Å². The Balaban J connectivity index is 2.58. The van der Waals surface area contributed by atoms with Crippen molar-refractivity contribution in [3.8, 4) is 0 Å². The van der Waals surface area contributed by atoms with Crippen molar-refractivity contribution >= 4 is 21.4 Å². The molecule has 0 saturated heterocycles. The minimum Gasteiger partial charge on any atom is -0.397 e. The lowest BCUT2D eigenvalue weighted by Gasteiger charge is -2.10. The molecule has 0 unspecified atom stereocenters. The zero-order chi connectivity index (χ0) is 13.6. The molecular weight excluding hydrogens is 250 g/mol. The first-order valence-corrected chi connectivity index (χ1v) is 7.66. The van der Waals surface area contributed by atoms with Crippen molar-refractivity contribution in [1.29, 1.82) is 0 Å². The highest BCUT2D eigenvalue weighted by Gasteiger charge is 2.09. The van der Waals surface area contributed by atoms with Crippen LogP contribution in [0.5, 0.6) is 0 Å². The Labute approximate surface area is 109 Å². The zero-order valence-corrected chi connectivity index (χ0v) is 11.5. The first-order valence-electron chi connectivity index (χ1n) is 6.11. The Morgan fingerprint density at radius 2 is 1.94 bits per heavy atom. The maximum absolute atomic E-state index is 11.1. The van der Waals surface area contributed by atoms with E-state index in [1.165, 1.54) is 31.4 Å². The molecule has 0 fully saturated rings. The van der Waals surface area contributed by atoms with Crippen molar-refractivity contribution in [2.75, 3.05) is 17.6 Å². The summed E-state index contributed by atoms with van der Waals surface area (Å²) in [6.45, 7) is 3.00. The summed E-state index contributed by atoms with van der Waals surface area (Å²) in [5.74, 6) is 0. The average molecular weight is 271 g/mol. The fourth-order valence-electron chi connectivity index (χ4n) is 1.65. The predicted octanol–water partition coefficient (Wildman–Crippen LogP) is 1.91. The van der Waals surface area contributed by atoms with Gasteiger partial charge in [-0.15, -0.1) is 0 Å². The van der Waals surface area contributed by atoms with Crippen molar-refractivity contribution in [2.24, 2.45) is 5.14 Å². The lowest BCUT2D eigenvalue weighted by molar-refractivity contribution is 0.598. The average Bonchev–Trinajstić information content (AvgIpc) is 2.29. The quantitative estimate of drug-likeness (QED) is 0.521. The van der Waals surface area contributed by atoms with Crippen LogP contribution in [0, 0.1) is 0 Å². The van der Waals surface area contributed by atoms with Gasteiger partial charge in [-0.05, 0) is 24.6 Å². The van der Waals surface area contributed by atoms with Gasteiger partial charge in [0.05, 0.1) is 16.3 Å². The Morgan fingerprint density at radius 3 is 2.50 bits per heavy atom. The highest BCUT2D eigenvalue weighted by atomic mass is 32.2. The molecule has 1 aromatic rings. The van der Waals surface area contributed by atoms with Crippen molar-refractivity contribution < 1.29 is 8.42 Å². The minimum atomic E-state index is -3.68. The SMILES string of the molecule is CCCCCCNc1ccc(S(N)(=O)=O)cc1N. The van der Waals surface area contributed by atoms with Gasteiger partial charge in [0, 0.05) is 6.54 Å². The van der Waals surface area contributed by atoms with Gasteiger partial charge in [-0.25, -0.2) is 13.6 Å². The van der Waals surface area contributed by atoms with Crippen LogP contribution in [0.1, 0.15) is 32.6 Å². The number of nitrogen functional groups attached to an aromatic ring is 1. The van der Waals surface area contributed by atoms with E-state index in [1.807, 2.05) is 0 Å². The highest BCUT2D eigenvalue weighted by molar-refractivity contribution is 7.89. The second kappa shape index (κ2) is 6.61. The van der Waals surface area contributed by atoms with Gasteiger partial charge in [-0.2, -0.15) is 0 Å². The molecule has 6 heteroatoms. The molecule has 0 amide bonds. The molecule has 5 N–H and O–H groups in total. The lowest BCUT2D eigenvalue weighted by atomic mass is 10.2. The van der Waals surface area contributed by atoms with Crippen LogP contribution >= 0.6 is 0 Å². The van der Waals surface area contributed by atoms with E-state index in [4.69, 9.17) is 10.9 Å². The molecule has 0 aliphatic heterocycles. The monoisotopic (exact) mass is 271 g/mol. The summed E-state index contributed by atoms with van der Waals surface area (Å²) in [7, 11) is -3.68. The number of benzene rings is 1. The third-order valence-corrected chi connectivity index (χ3v) is 3.61. The van der Waals surface area contributed by atoms with Gasteiger partial charge in [0.15, 0.2) is 0 Å². The van der Waals surface area contributed by atoms with Gasteiger partial charge in [0.25, 0.3) is 0 Å². The third kappa shape index (κ3) is 4.54. The largest absolute Gasteiger partial charge is 0.397 e. The summed E-state index contributed by atoms with van der Waals surface area (Å²) in [5.41, 5.74) is 6.93. The van der Waals surface area contributed by atoms with E-state index in [9.17, 15) is 8.42 Å². The molecule has 0 aromatic heterocycles. The molecule has 5 nitrogen and oxygen atoms in total. The lowest BCUT2D eigenvalue weighted by Crippen LogP contribution is -2.13. The Hall–Kier alpha value is -1.27. The number of hydrogen-bond acceptors (Lipinski definition) is 4. The van der Waals surface area contributed by atoms with E-state index in [0.717, 1.165) is 18.7 Å². The molecule has 1 rings (SSSR count). The van der Waals surface area contributed by atoms with Gasteiger partial charge in [0.2, 0.25) is 10.0 Å². The number of sulfonamides is 1. The van der Waals surface area contributed by atoms with Crippen molar-refractivity contribution in [3.05, 3.63) is 18.2 Å². The Bertz CT molecular complexity index is 486. The minimum absolute atomic E-state index is 0.0385. The van der Waals surface area contributed by atoms with Gasteiger partial charge < -0.3 is 11.1 Å². The van der Waals surface area contributed by atoms with Crippen LogP contribution in [0.3, 0.4) is 0 Å². The summed E-state index contributed by atoms with van der Waals surface area (Å²) < 4.78 is 22.3. The maximum Gasteiger partial charge on any atom is 0.238 e. The summed E-state index contributed by atoms with van der Waals surface area (Å²) in [5, 5.41) is 8.22. The van der Waals surface area contributed by atoms with E-state index < -0.39 is 10.0 Å². The van der Waals surface area contributed by atoms with E-state index in [-0.39, 0.29) is 4.90 Å². The normalized spacial score (nSPS) is 11.4. The molecule has 0 radical (unpaired) electrons. The van der Waals surface area contributed by atoms with Crippen molar-refractivity contribution in [3.63, 3.8) is 0 Å². The molecule has 0 saturated carbocycles. The van der Waals surface area contributed by atoms with Crippen molar-refractivity contribution in [1.82, 2.24) is 0 Å². The summed E-state index contributed by atoms with van der Waals surface area (Å²) in [4.78, 5) is 0.0385. The number of nitrogens with one attached hydrogen (secondary N) is 1. The number of primary sulfonamides is 1. The Morgan fingerprint density at radius 1 is 1.22 bits per heavy atom. The molecule has 102 valence electrons. The molecule has 0 heterocycles. The third-order valence-electron chi connectivity index (χ3n) is 2.70. The van der Waals surface area contributed by atoms with E-state index >= 15 is 0 Å². The number of rotatable bonds is 7. The molecule has 1 aromatic carbocycles. The van der Waals surface area contributed by atoms with E-state index in [0.29, 0.717) is 5.69 Å². The number of hydrogen-bond donors (Lipinski definition) is 3. The Kier molecular flexibility index (Phi) is 5.43. The number of nitrogens with two attached hydrogens (primary N) is 2. The van der Waals surface area contributed by atoms with Gasteiger partial charge in [-0.1, -0.05) is 26.2 Å². The van der Waals surface area contributed by atoms with E-state index in [1.54, 1.807) is 6.07 Å². The molecule has 0 bridgehead atoms. The second-order valence-corrected chi connectivity index (χ2v) is 5.84. The van der Waals surface area contributed by atoms with Crippen LogP contribution in [-0.4, -0.2) is 15.0 Å². The molecule has 0 spiro atoms. The molecule has 18 heavy (non-hydrogen) atoms. The highest BCUT2D eigenvalue weighted by Crippen LogP contribution is 2.21. The van der Waals surface area contributed by atoms with E-state index in [2.05, 4.69) is 12.2 Å². The number of anilines is 2. The van der Waals surface area contributed by atoms with Crippen LogP contribution in [0.15, 0.2) is 23.1 Å². The topological polar surface area (TPSA) is 98.2 Å². The molecule has 0 atom stereocenters. The van der Waals surface area contributed by atoms with Gasteiger partial charge in [0.1, 0.15) is 0 Å². The zero-order valence-electron chi connectivity index (χ0n) is 10.6. The smallest absolute Gasteiger partial charge is 0.238 e. The summed E-state index contributed by atoms with van der Waals surface area (Å²) >= 11 is 0. The molecule has 0 aliphatic carbocycles. The van der Waals surface area contributed by atoms with Crippen LogP contribution < -0.4 is 16.2 Å². The first-order chi connectivity index (χ1) is 8.45. The van der Waals surface area contributed by atoms with Crippen LogP contribution in [0.2, 0.25) is 0 Å². The number of unbranched alkanes of at least 4 members (excludes halogenated alkanes) is 3. The van der Waals surface area contributed by atoms with Gasteiger partial charge >= 0.3 is 0 Å². The van der Waals surface area contributed by atoms with Crippen LogP contribution in [0.25, 0.3) is 0 Å². The van der Waals surface area contributed by atoms with Crippen LogP contribution in [-0.2, 0) is 10.0 Å². The fourth-order valence-corrected chi connectivity index (χ4v) is 2.20. The molecule has 0 aliphatic rings. The standard InChI is InChI=1S/C12H21N3O2S/c1-2-3-4-5-8-15-12-7-6-10(9-11(12)13)18(14,16)17/h6-7,9,15H,2-5,8,13H2,1H3,(H2,14,16,17).